The van der Waals surface area contributed by atoms with E-state index in [1.54, 1.807) is 4.90 Å². The maximum absolute atomic E-state index is 13.2. The zero-order valence-corrected chi connectivity index (χ0v) is 19.1. The molecule has 2 aliphatic heterocycles. The number of alkyl carbamates (subject to hydrolysis) is 1. The normalized spacial score (nSPS) is 23.2. The zero-order chi connectivity index (χ0) is 22.4. The third-order valence-corrected chi connectivity index (χ3v) is 8.07. The van der Waals surface area contributed by atoms with E-state index in [2.05, 4.69) is 10.2 Å². The van der Waals surface area contributed by atoms with Crippen molar-refractivity contribution in [2.75, 3.05) is 37.7 Å². The zero-order valence-electron chi connectivity index (χ0n) is 18.3. The van der Waals surface area contributed by atoms with Crippen LogP contribution in [0.25, 0.3) is 0 Å². The molecule has 9 heteroatoms. The van der Waals surface area contributed by atoms with Gasteiger partial charge in [0, 0.05) is 32.2 Å². The van der Waals surface area contributed by atoms with Crippen molar-refractivity contribution < 1.29 is 22.7 Å². The van der Waals surface area contributed by atoms with E-state index < -0.39 is 22.0 Å². The number of carbonyl (C=O) groups excluding carboxylic acids is 2. The first-order valence-corrected chi connectivity index (χ1v) is 12.8. The van der Waals surface area contributed by atoms with E-state index in [-0.39, 0.29) is 36.0 Å². The second-order valence-corrected chi connectivity index (χ2v) is 10.7. The smallest absolute Gasteiger partial charge is 0.408 e. The molecule has 3 atom stereocenters. The number of rotatable bonds is 7. The number of benzene rings is 1. The highest BCUT2D eigenvalue weighted by Crippen LogP contribution is 2.20. The van der Waals surface area contributed by atoms with Gasteiger partial charge in [0.25, 0.3) is 0 Å². The summed E-state index contributed by atoms with van der Waals surface area (Å²) in [6.45, 7) is 6.44. The van der Waals surface area contributed by atoms with Crippen LogP contribution in [0.2, 0.25) is 0 Å². The van der Waals surface area contributed by atoms with Crippen LogP contribution in [-0.4, -0.2) is 80.0 Å². The Morgan fingerprint density at radius 2 is 1.84 bits per heavy atom. The molecule has 2 amide bonds. The van der Waals surface area contributed by atoms with Crippen LogP contribution in [-0.2, 0) is 26.0 Å². The molecule has 0 aromatic heterocycles. The number of piperazine rings is 1. The van der Waals surface area contributed by atoms with E-state index in [1.807, 2.05) is 44.2 Å². The molecule has 1 aromatic rings. The molecule has 2 saturated heterocycles. The Balaban J connectivity index is 1.53. The van der Waals surface area contributed by atoms with Gasteiger partial charge < -0.3 is 15.0 Å². The maximum Gasteiger partial charge on any atom is 0.408 e. The van der Waals surface area contributed by atoms with Crippen molar-refractivity contribution in [3.8, 4) is 0 Å². The van der Waals surface area contributed by atoms with Crippen molar-refractivity contribution in [1.29, 1.82) is 0 Å². The summed E-state index contributed by atoms with van der Waals surface area (Å²) in [5.74, 6) is 0.326. The van der Waals surface area contributed by atoms with E-state index in [4.69, 9.17) is 4.74 Å². The number of sulfone groups is 1. The molecule has 2 fully saturated rings. The van der Waals surface area contributed by atoms with E-state index in [0.717, 1.165) is 12.0 Å². The second kappa shape index (κ2) is 10.5. The van der Waals surface area contributed by atoms with Gasteiger partial charge in [0.1, 0.15) is 12.6 Å². The van der Waals surface area contributed by atoms with Gasteiger partial charge in [-0.05, 0) is 17.9 Å². The van der Waals surface area contributed by atoms with E-state index in [0.29, 0.717) is 32.6 Å². The fraction of sp³-hybridized carbons (Fsp3) is 0.636. The molecule has 1 aromatic carbocycles. The first-order valence-electron chi connectivity index (χ1n) is 11.0. The van der Waals surface area contributed by atoms with Crippen LogP contribution in [0.15, 0.2) is 30.3 Å². The summed E-state index contributed by atoms with van der Waals surface area (Å²) in [4.78, 5) is 29.5. The summed E-state index contributed by atoms with van der Waals surface area (Å²) in [5, 5.41) is 2.77. The first-order chi connectivity index (χ1) is 14.8. The van der Waals surface area contributed by atoms with Gasteiger partial charge in [0.2, 0.25) is 5.91 Å². The van der Waals surface area contributed by atoms with Crippen LogP contribution >= 0.6 is 0 Å². The summed E-state index contributed by atoms with van der Waals surface area (Å²) in [6.07, 6.45) is 0.813. The van der Waals surface area contributed by atoms with Crippen LogP contribution in [0, 0.1) is 5.92 Å². The third-order valence-electron chi connectivity index (χ3n) is 6.32. The molecule has 0 bridgehead atoms. The van der Waals surface area contributed by atoms with Crippen molar-refractivity contribution >= 4 is 21.8 Å². The van der Waals surface area contributed by atoms with Crippen LogP contribution < -0.4 is 5.32 Å². The van der Waals surface area contributed by atoms with Crippen LogP contribution in [0.4, 0.5) is 4.79 Å². The molecular weight excluding hydrogens is 418 g/mol. The quantitative estimate of drug-likeness (QED) is 0.677. The Bertz CT molecular complexity index is 853. The number of nitrogens with zero attached hydrogens (tertiary/aromatic N) is 2. The fourth-order valence-corrected chi connectivity index (χ4v) is 5.90. The summed E-state index contributed by atoms with van der Waals surface area (Å²) >= 11 is 0. The Labute approximate surface area is 184 Å². The lowest BCUT2D eigenvalue weighted by molar-refractivity contribution is -0.136. The van der Waals surface area contributed by atoms with Crippen LogP contribution in [0.3, 0.4) is 0 Å². The Hall–Kier alpha value is -2.13. The second-order valence-electron chi connectivity index (χ2n) is 8.49. The maximum atomic E-state index is 13.2. The minimum absolute atomic E-state index is 0.0326. The number of ether oxygens (including phenoxy) is 1. The van der Waals surface area contributed by atoms with Gasteiger partial charge in [-0.15, -0.1) is 0 Å². The van der Waals surface area contributed by atoms with Gasteiger partial charge in [-0.2, -0.15) is 0 Å². The number of carbonyl (C=O) groups is 2. The molecule has 0 aliphatic carbocycles. The monoisotopic (exact) mass is 451 g/mol. The van der Waals surface area contributed by atoms with Crippen molar-refractivity contribution in [2.45, 2.75) is 45.4 Å². The van der Waals surface area contributed by atoms with Gasteiger partial charge in [-0.1, -0.05) is 50.6 Å². The number of nitrogens with one attached hydrogen (secondary N) is 1. The number of hydrogen-bond donors (Lipinski definition) is 1. The lowest BCUT2D eigenvalue weighted by Crippen LogP contribution is -2.58. The highest BCUT2D eigenvalue weighted by atomic mass is 32.2. The van der Waals surface area contributed by atoms with Crippen molar-refractivity contribution in [2.24, 2.45) is 5.92 Å². The van der Waals surface area contributed by atoms with E-state index >= 15 is 0 Å². The van der Waals surface area contributed by atoms with Crippen molar-refractivity contribution in [3.63, 3.8) is 0 Å². The fourth-order valence-electron chi connectivity index (χ4n) is 4.14. The summed E-state index contributed by atoms with van der Waals surface area (Å²) in [7, 11) is -2.93. The number of amides is 2. The molecule has 0 radical (unpaired) electrons. The first kappa shape index (κ1) is 23.5. The Kier molecular flexibility index (Phi) is 7.94. The molecule has 2 heterocycles. The summed E-state index contributed by atoms with van der Waals surface area (Å²) in [5.41, 5.74) is 0.883. The standard InChI is InChI=1S/C22H33N3O5S/c1-3-17(2)20(23-22(27)30-15-18-7-5-4-6-8-18)21(26)25-12-10-24(11-13-25)19-9-14-31(28,29)16-19/h4-8,17,19-20H,3,9-16H2,1-2H3,(H,23,27)/t17-,19?,20-/m0/s1. The topological polar surface area (TPSA) is 96.0 Å². The van der Waals surface area contributed by atoms with E-state index in [9.17, 15) is 18.0 Å². The molecule has 0 saturated carbocycles. The molecule has 1 N–H and O–H groups in total. The predicted molar refractivity (Wildman–Crippen MR) is 118 cm³/mol. The lowest BCUT2D eigenvalue weighted by atomic mass is 9.97. The van der Waals surface area contributed by atoms with Gasteiger partial charge in [0.15, 0.2) is 9.84 Å². The molecule has 3 rings (SSSR count). The van der Waals surface area contributed by atoms with E-state index in [1.165, 1.54) is 0 Å². The minimum Gasteiger partial charge on any atom is -0.445 e. The molecule has 8 nitrogen and oxygen atoms in total. The lowest BCUT2D eigenvalue weighted by Gasteiger charge is -2.39. The average Bonchev–Trinajstić information content (AvgIpc) is 3.15. The molecule has 31 heavy (non-hydrogen) atoms. The number of hydrogen-bond acceptors (Lipinski definition) is 6. The van der Waals surface area contributed by atoms with Gasteiger partial charge in [-0.3, -0.25) is 9.69 Å². The minimum atomic E-state index is -2.93. The Morgan fingerprint density at radius 3 is 2.42 bits per heavy atom. The molecular formula is C22H33N3O5S. The molecule has 0 spiro atoms. The Morgan fingerprint density at radius 1 is 1.16 bits per heavy atom. The molecule has 172 valence electrons. The summed E-state index contributed by atoms with van der Waals surface area (Å²) < 4.78 is 28.8. The highest BCUT2D eigenvalue weighted by Gasteiger charge is 2.36. The van der Waals surface area contributed by atoms with Crippen LogP contribution in [0.5, 0.6) is 0 Å². The summed E-state index contributed by atoms with van der Waals surface area (Å²) in [6, 6.07) is 8.81. The average molecular weight is 452 g/mol. The van der Waals surface area contributed by atoms with Gasteiger partial charge >= 0.3 is 6.09 Å². The van der Waals surface area contributed by atoms with Crippen molar-refractivity contribution in [3.05, 3.63) is 35.9 Å². The molecule has 1 unspecified atom stereocenters. The highest BCUT2D eigenvalue weighted by molar-refractivity contribution is 7.91. The van der Waals surface area contributed by atoms with Gasteiger partial charge in [-0.25, -0.2) is 13.2 Å². The third kappa shape index (κ3) is 6.43. The van der Waals surface area contributed by atoms with Crippen LogP contribution in [0.1, 0.15) is 32.3 Å². The van der Waals surface area contributed by atoms with Crippen molar-refractivity contribution in [1.82, 2.24) is 15.1 Å². The van der Waals surface area contributed by atoms with Gasteiger partial charge in [0.05, 0.1) is 11.5 Å². The largest absolute Gasteiger partial charge is 0.445 e. The predicted octanol–water partition coefficient (Wildman–Crippen LogP) is 1.66. The SMILES string of the molecule is CC[C@H](C)[C@H](NC(=O)OCc1ccccc1)C(=O)N1CCN(C2CCS(=O)(=O)C2)CC1. The molecule has 2 aliphatic rings.